The Bertz CT molecular complexity index is 394. The van der Waals surface area contributed by atoms with Crippen LogP contribution in [-0.4, -0.2) is 16.8 Å². The van der Waals surface area contributed by atoms with E-state index in [-0.39, 0.29) is 17.0 Å². The molecule has 0 radical (unpaired) electrons. The first-order chi connectivity index (χ1) is 7.13. The zero-order valence-corrected chi connectivity index (χ0v) is 9.94. The Morgan fingerprint density at radius 1 is 1.53 bits per heavy atom. The van der Waals surface area contributed by atoms with Gasteiger partial charge >= 0.3 is 6.21 Å². The number of alkyl halides is 1. The van der Waals surface area contributed by atoms with Gasteiger partial charge in [0.05, 0.1) is 0 Å². The molecule has 15 heavy (non-hydrogen) atoms. The van der Waals surface area contributed by atoms with Crippen LogP contribution < -0.4 is 0 Å². The van der Waals surface area contributed by atoms with Crippen LogP contribution in [0.4, 0.5) is 0 Å². The summed E-state index contributed by atoms with van der Waals surface area (Å²) < 4.78 is 0. The van der Waals surface area contributed by atoms with Gasteiger partial charge in [-0.1, -0.05) is 45.8 Å². The van der Waals surface area contributed by atoms with Crippen molar-refractivity contribution in [2.75, 3.05) is 0 Å². The summed E-state index contributed by atoms with van der Waals surface area (Å²) in [7, 11) is 0. The quantitative estimate of drug-likeness (QED) is 0.358. The van der Waals surface area contributed by atoms with Gasteiger partial charge in [0.25, 0.3) is 0 Å². The van der Waals surface area contributed by atoms with Gasteiger partial charge in [-0.3, -0.25) is 4.79 Å². The summed E-state index contributed by atoms with van der Waals surface area (Å²) in [6.07, 6.45) is 1.20. The molecule has 1 unspecified atom stereocenters. The lowest BCUT2D eigenvalue weighted by atomic mass is 10.1. The molecule has 0 aliphatic carbocycles. The third kappa shape index (κ3) is 3.78. The maximum absolute atomic E-state index is 11.2. The van der Waals surface area contributed by atoms with E-state index in [1.807, 2.05) is 31.2 Å². The number of rotatable bonds is 4. The summed E-state index contributed by atoms with van der Waals surface area (Å²) >= 11 is 3.42. The van der Waals surface area contributed by atoms with Gasteiger partial charge in [0.15, 0.2) is 0 Å². The lowest BCUT2D eigenvalue weighted by Gasteiger charge is -2.06. The van der Waals surface area contributed by atoms with Crippen molar-refractivity contribution in [2.24, 2.45) is 0 Å². The fraction of sp³-hybridized carbons (Fsp3) is 0.273. The first-order valence-corrected chi connectivity index (χ1v) is 5.46. The van der Waals surface area contributed by atoms with Gasteiger partial charge in [-0.05, 0) is 12.5 Å². The largest absolute Gasteiger partial charge is 0.361 e. The van der Waals surface area contributed by atoms with E-state index in [0.717, 1.165) is 11.8 Å². The minimum Gasteiger partial charge on any atom is -0.361 e. The van der Waals surface area contributed by atoms with Crippen molar-refractivity contribution in [1.29, 1.82) is 0 Å². The van der Waals surface area contributed by atoms with E-state index < -0.39 is 0 Å². The molecule has 0 fully saturated rings. The average Bonchev–Trinajstić information content (AvgIpc) is 2.18. The number of Topliss-reactive ketones (excluding diaryl/α,β-unsaturated/α-hetero) is 1. The second-order valence-corrected chi connectivity index (χ2v) is 4.40. The topological polar surface area (TPSA) is 53.5 Å². The molecule has 0 N–H and O–H groups in total. The molecule has 1 atom stereocenters. The highest BCUT2D eigenvalue weighted by Crippen LogP contribution is 2.26. The Balaban J connectivity index is 2.68. The van der Waals surface area contributed by atoms with Gasteiger partial charge in [-0.25, -0.2) is 0 Å². The Hall–Kier alpha value is -1.25. The third-order valence-corrected chi connectivity index (χ3v) is 2.87. The van der Waals surface area contributed by atoms with Crippen molar-refractivity contribution in [2.45, 2.75) is 18.2 Å². The molecule has 0 bridgehead atoms. The molecule has 1 rings (SSSR count). The van der Waals surface area contributed by atoms with E-state index in [1.165, 1.54) is 5.56 Å². The van der Waals surface area contributed by atoms with E-state index in [2.05, 4.69) is 20.7 Å². The van der Waals surface area contributed by atoms with E-state index in [1.54, 1.807) is 0 Å². The first kappa shape index (κ1) is 11.8. The SMILES string of the molecule is Cc1ccc(C(Br)CC(=O)C=[N+]=[N-])cc1. The van der Waals surface area contributed by atoms with Crippen molar-refractivity contribution in [3.63, 3.8) is 0 Å². The minimum absolute atomic E-state index is 0.0383. The first-order valence-electron chi connectivity index (χ1n) is 4.54. The number of nitrogens with zero attached hydrogens (tertiary/aromatic N) is 2. The van der Waals surface area contributed by atoms with Gasteiger partial charge in [0, 0.05) is 11.2 Å². The number of hydrogen-bond acceptors (Lipinski definition) is 1. The highest BCUT2D eigenvalue weighted by molar-refractivity contribution is 9.09. The minimum atomic E-state index is -0.208. The lowest BCUT2D eigenvalue weighted by Crippen LogP contribution is -2.04. The Morgan fingerprint density at radius 3 is 2.67 bits per heavy atom. The Morgan fingerprint density at radius 2 is 2.13 bits per heavy atom. The van der Waals surface area contributed by atoms with Crippen molar-refractivity contribution < 1.29 is 9.58 Å². The van der Waals surface area contributed by atoms with Crippen LogP contribution in [-0.2, 0) is 4.79 Å². The van der Waals surface area contributed by atoms with Crippen molar-refractivity contribution in [3.05, 3.63) is 40.9 Å². The molecule has 0 aliphatic heterocycles. The highest BCUT2D eigenvalue weighted by atomic mass is 79.9. The van der Waals surface area contributed by atoms with Gasteiger partial charge in [-0.15, -0.1) is 0 Å². The number of halogens is 1. The van der Waals surface area contributed by atoms with E-state index >= 15 is 0 Å². The summed E-state index contributed by atoms with van der Waals surface area (Å²) in [6, 6.07) is 7.93. The number of benzene rings is 1. The normalized spacial score (nSPS) is 11.6. The van der Waals surface area contributed by atoms with Crippen LogP contribution in [0.15, 0.2) is 24.3 Å². The van der Waals surface area contributed by atoms with Crippen LogP contribution in [0.3, 0.4) is 0 Å². The molecular weight excluding hydrogens is 256 g/mol. The zero-order chi connectivity index (χ0) is 11.3. The summed E-state index contributed by atoms with van der Waals surface area (Å²) in [5, 5.41) is 0. The number of ketones is 1. The molecule has 0 spiro atoms. The van der Waals surface area contributed by atoms with Crippen LogP contribution in [0.25, 0.3) is 5.53 Å². The van der Waals surface area contributed by atoms with Gasteiger partial charge in [0.1, 0.15) is 0 Å². The van der Waals surface area contributed by atoms with E-state index in [9.17, 15) is 4.79 Å². The molecule has 1 aromatic rings. The summed E-state index contributed by atoms with van der Waals surface area (Å²) in [4.78, 5) is 13.8. The highest BCUT2D eigenvalue weighted by Gasteiger charge is 2.13. The predicted molar refractivity (Wildman–Crippen MR) is 62.2 cm³/mol. The van der Waals surface area contributed by atoms with E-state index in [4.69, 9.17) is 5.53 Å². The zero-order valence-electron chi connectivity index (χ0n) is 8.35. The van der Waals surface area contributed by atoms with Crippen LogP contribution in [0.1, 0.15) is 22.4 Å². The maximum Gasteiger partial charge on any atom is 0.323 e. The van der Waals surface area contributed by atoms with Crippen LogP contribution in [0.5, 0.6) is 0 Å². The molecule has 0 amide bonds. The molecule has 1 aromatic carbocycles. The molecule has 0 aromatic heterocycles. The third-order valence-electron chi connectivity index (χ3n) is 2.02. The van der Waals surface area contributed by atoms with Gasteiger partial charge in [-0.2, -0.15) is 4.79 Å². The second kappa shape index (κ2) is 5.59. The van der Waals surface area contributed by atoms with Crippen LogP contribution in [0, 0.1) is 6.92 Å². The van der Waals surface area contributed by atoms with Crippen molar-refractivity contribution >= 4 is 27.9 Å². The van der Waals surface area contributed by atoms with Gasteiger partial charge in [0.2, 0.25) is 5.78 Å². The number of carbonyl (C=O) groups is 1. The summed E-state index contributed by atoms with van der Waals surface area (Å²) in [6.45, 7) is 2.01. The monoisotopic (exact) mass is 266 g/mol. The van der Waals surface area contributed by atoms with Crippen molar-refractivity contribution in [3.8, 4) is 0 Å². The number of hydrogen-bond donors (Lipinski definition) is 0. The summed E-state index contributed by atoms with van der Waals surface area (Å²) in [5.74, 6) is -0.208. The van der Waals surface area contributed by atoms with E-state index in [0.29, 0.717) is 0 Å². The van der Waals surface area contributed by atoms with Crippen molar-refractivity contribution in [1.82, 2.24) is 0 Å². The fourth-order valence-electron chi connectivity index (χ4n) is 1.19. The Labute approximate surface area is 96.9 Å². The second-order valence-electron chi connectivity index (χ2n) is 3.29. The fourth-order valence-corrected chi connectivity index (χ4v) is 1.81. The average molecular weight is 267 g/mol. The lowest BCUT2D eigenvalue weighted by molar-refractivity contribution is -0.116. The van der Waals surface area contributed by atoms with Gasteiger partial charge < -0.3 is 5.53 Å². The maximum atomic E-state index is 11.2. The molecular formula is C11H11BrN2O. The molecule has 0 aliphatic rings. The molecule has 0 saturated heterocycles. The number of carbonyl (C=O) groups excluding carboxylic acids is 1. The standard InChI is InChI=1S/C11H11BrN2O/c1-8-2-4-9(5-3-8)11(12)6-10(15)7-14-13/h2-5,7,11H,6H2,1H3. The summed E-state index contributed by atoms with van der Waals surface area (Å²) in [5.41, 5.74) is 10.4. The number of aryl methyl sites for hydroxylation is 1. The van der Waals surface area contributed by atoms with Crippen LogP contribution in [0.2, 0.25) is 0 Å². The molecule has 3 nitrogen and oxygen atoms in total. The smallest absolute Gasteiger partial charge is 0.323 e. The molecule has 4 heteroatoms. The Kier molecular flexibility index (Phi) is 4.40. The molecule has 0 heterocycles. The predicted octanol–water partition coefficient (Wildman–Crippen LogP) is 2.69. The molecule has 78 valence electrons. The molecule has 0 saturated carbocycles. The van der Waals surface area contributed by atoms with Crippen LogP contribution >= 0.6 is 15.9 Å².